The lowest BCUT2D eigenvalue weighted by Crippen LogP contribution is -2.41. The number of nitrogens with one attached hydrogen (secondary N) is 1. The minimum atomic E-state index is -0.375. The summed E-state index contributed by atoms with van der Waals surface area (Å²) in [6.07, 6.45) is 1.72. The van der Waals surface area contributed by atoms with Crippen LogP contribution in [-0.2, 0) is 11.3 Å². The van der Waals surface area contributed by atoms with Gasteiger partial charge in [0, 0.05) is 6.20 Å². The monoisotopic (exact) mass is 367 g/mol. The molecule has 1 N–H and O–H groups in total. The van der Waals surface area contributed by atoms with Crippen molar-refractivity contribution >= 4 is 28.8 Å². The smallest absolute Gasteiger partial charge is 0.291 e. The summed E-state index contributed by atoms with van der Waals surface area (Å²) >= 11 is 0. The lowest BCUT2D eigenvalue weighted by molar-refractivity contribution is -0.110. The fourth-order valence-electron chi connectivity index (χ4n) is 3.17. The maximum atomic E-state index is 13.1. The van der Waals surface area contributed by atoms with Gasteiger partial charge < -0.3 is 10.2 Å². The van der Waals surface area contributed by atoms with E-state index >= 15 is 0 Å². The summed E-state index contributed by atoms with van der Waals surface area (Å²) in [4.78, 5) is 23.9. The Kier molecular flexibility index (Phi) is 4.56. The first kappa shape index (κ1) is 17.4. The van der Waals surface area contributed by atoms with Crippen LogP contribution in [0.4, 0.5) is 17.1 Å². The maximum Gasteiger partial charge on any atom is 0.291 e. The van der Waals surface area contributed by atoms with E-state index in [2.05, 4.69) is 21.4 Å². The molecule has 1 aliphatic heterocycles. The largest absolute Gasteiger partial charge is 0.318 e. The number of benzene rings is 2. The van der Waals surface area contributed by atoms with Crippen molar-refractivity contribution in [3.8, 4) is 6.07 Å². The Hall–Kier alpha value is -3.98. The highest BCUT2D eigenvalue weighted by Crippen LogP contribution is 2.31. The number of hydrogen-bond donors (Lipinski definition) is 1. The molecule has 1 aromatic heterocycles. The van der Waals surface area contributed by atoms with Crippen LogP contribution in [0.1, 0.15) is 16.8 Å². The molecule has 1 amide bonds. The van der Waals surface area contributed by atoms with Crippen molar-refractivity contribution in [1.82, 2.24) is 4.98 Å². The Morgan fingerprint density at radius 1 is 1.11 bits per heavy atom. The molecule has 0 radical (unpaired) electrons. The second-order valence-corrected chi connectivity index (χ2v) is 6.37. The predicted molar refractivity (Wildman–Crippen MR) is 108 cm³/mol. The Morgan fingerprint density at radius 3 is 2.71 bits per heavy atom. The number of amides is 1. The number of para-hydroxylation sites is 2. The number of rotatable bonds is 3. The summed E-state index contributed by atoms with van der Waals surface area (Å²) in [6, 6.07) is 20.5. The zero-order valence-corrected chi connectivity index (χ0v) is 15.3. The molecule has 0 spiro atoms. The number of aliphatic imine (C=N–C) groups is 1. The molecule has 0 atom stereocenters. The molecule has 6 heteroatoms. The van der Waals surface area contributed by atoms with Crippen molar-refractivity contribution < 1.29 is 4.79 Å². The SMILES string of the molecule is Cc1ncccc1N1Cc2ccccc2N=C1C(=O)Nc1ccccc1C#N. The van der Waals surface area contributed by atoms with Crippen LogP contribution in [0.25, 0.3) is 0 Å². The third-order valence-corrected chi connectivity index (χ3v) is 4.57. The highest BCUT2D eigenvalue weighted by molar-refractivity contribution is 6.47. The number of fused-ring (bicyclic) bond motifs is 1. The highest BCUT2D eigenvalue weighted by Gasteiger charge is 2.28. The summed E-state index contributed by atoms with van der Waals surface area (Å²) in [5, 5.41) is 12.1. The predicted octanol–water partition coefficient (Wildman–Crippen LogP) is 3.95. The van der Waals surface area contributed by atoms with Gasteiger partial charge in [-0.25, -0.2) is 4.99 Å². The number of anilines is 2. The molecular weight excluding hydrogens is 350 g/mol. The van der Waals surface area contributed by atoms with Gasteiger partial charge in [0.15, 0.2) is 0 Å². The fraction of sp³-hybridized carbons (Fsp3) is 0.0909. The number of nitrogens with zero attached hydrogens (tertiary/aromatic N) is 4. The summed E-state index contributed by atoms with van der Waals surface area (Å²) < 4.78 is 0. The summed E-state index contributed by atoms with van der Waals surface area (Å²) in [7, 11) is 0. The van der Waals surface area contributed by atoms with Crippen molar-refractivity contribution in [1.29, 1.82) is 5.26 Å². The van der Waals surface area contributed by atoms with E-state index in [9.17, 15) is 10.1 Å². The van der Waals surface area contributed by atoms with Crippen LogP contribution >= 0.6 is 0 Å². The van der Waals surface area contributed by atoms with Crippen LogP contribution in [0.15, 0.2) is 71.9 Å². The molecule has 0 saturated carbocycles. The molecule has 2 heterocycles. The van der Waals surface area contributed by atoms with E-state index < -0.39 is 0 Å². The molecule has 0 unspecified atom stereocenters. The van der Waals surface area contributed by atoms with E-state index in [0.29, 0.717) is 17.8 Å². The Labute approximate surface area is 162 Å². The number of pyridine rings is 1. The maximum absolute atomic E-state index is 13.1. The van der Waals surface area contributed by atoms with E-state index in [1.807, 2.05) is 48.2 Å². The summed E-state index contributed by atoms with van der Waals surface area (Å²) in [6.45, 7) is 2.41. The number of hydrogen-bond acceptors (Lipinski definition) is 5. The molecule has 0 bridgehead atoms. The van der Waals surface area contributed by atoms with Gasteiger partial charge in [-0.05, 0) is 42.8 Å². The van der Waals surface area contributed by atoms with Gasteiger partial charge >= 0.3 is 0 Å². The Bertz CT molecular complexity index is 1130. The lowest BCUT2D eigenvalue weighted by Gasteiger charge is -2.30. The molecule has 3 aromatic rings. The fourth-order valence-corrected chi connectivity index (χ4v) is 3.17. The molecule has 4 rings (SSSR count). The van der Waals surface area contributed by atoms with Crippen LogP contribution in [0.5, 0.6) is 0 Å². The third kappa shape index (κ3) is 3.21. The first-order chi connectivity index (χ1) is 13.7. The third-order valence-electron chi connectivity index (χ3n) is 4.57. The first-order valence-electron chi connectivity index (χ1n) is 8.83. The zero-order chi connectivity index (χ0) is 19.5. The average molecular weight is 367 g/mol. The number of carbonyl (C=O) groups excluding carboxylic acids is 1. The molecule has 2 aromatic carbocycles. The van der Waals surface area contributed by atoms with Crippen molar-refractivity contribution in [2.45, 2.75) is 13.5 Å². The van der Waals surface area contributed by atoms with Gasteiger partial charge in [-0.3, -0.25) is 9.78 Å². The van der Waals surface area contributed by atoms with Crippen LogP contribution in [0.2, 0.25) is 0 Å². The second kappa shape index (κ2) is 7.33. The number of aromatic nitrogens is 1. The van der Waals surface area contributed by atoms with Gasteiger partial charge in [0.2, 0.25) is 5.84 Å². The van der Waals surface area contributed by atoms with Gasteiger partial charge in [0.1, 0.15) is 6.07 Å². The Morgan fingerprint density at radius 2 is 1.89 bits per heavy atom. The molecule has 6 nitrogen and oxygen atoms in total. The molecule has 0 fully saturated rings. The standard InChI is InChI=1S/C22H17N5O/c1-15-20(11-6-12-24-15)27-14-17-8-3-5-10-19(17)25-21(27)22(28)26-18-9-4-2-7-16(18)13-23/h2-12H,14H2,1H3,(H,26,28). The number of amidine groups is 1. The number of carbonyl (C=O) groups is 1. The van der Waals surface area contributed by atoms with Gasteiger partial charge in [-0.1, -0.05) is 30.3 Å². The van der Waals surface area contributed by atoms with Crippen LogP contribution < -0.4 is 10.2 Å². The quantitative estimate of drug-likeness (QED) is 0.760. The van der Waals surface area contributed by atoms with E-state index in [1.165, 1.54) is 0 Å². The van der Waals surface area contributed by atoms with Crippen LogP contribution in [0.3, 0.4) is 0 Å². The van der Waals surface area contributed by atoms with Gasteiger partial charge in [0.05, 0.1) is 34.9 Å². The lowest BCUT2D eigenvalue weighted by atomic mass is 10.1. The summed E-state index contributed by atoms with van der Waals surface area (Å²) in [5.41, 5.74) is 4.27. The van der Waals surface area contributed by atoms with Crippen molar-refractivity contribution in [3.63, 3.8) is 0 Å². The van der Waals surface area contributed by atoms with Crippen LogP contribution in [0, 0.1) is 18.3 Å². The van der Waals surface area contributed by atoms with Gasteiger partial charge in [-0.15, -0.1) is 0 Å². The Balaban J connectivity index is 1.76. The average Bonchev–Trinajstić information content (AvgIpc) is 2.73. The molecule has 136 valence electrons. The second-order valence-electron chi connectivity index (χ2n) is 6.37. The van der Waals surface area contributed by atoms with Crippen molar-refractivity contribution in [3.05, 3.63) is 83.7 Å². The molecular formula is C22H17N5O. The van der Waals surface area contributed by atoms with Crippen molar-refractivity contribution in [2.75, 3.05) is 10.2 Å². The van der Waals surface area contributed by atoms with Crippen LogP contribution in [-0.4, -0.2) is 16.7 Å². The molecule has 0 aliphatic carbocycles. The molecule has 28 heavy (non-hydrogen) atoms. The minimum absolute atomic E-state index is 0.266. The number of aryl methyl sites for hydroxylation is 1. The minimum Gasteiger partial charge on any atom is -0.318 e. The number of nitriles is 1. The van der Waals surface area contributed by atoms with E-state index in [-0.39, 0.29) is 11.7 Å². The van der Waals surface area contributed by atoms with Crippen molar-refractivity contribution in [2.24, 2.45) is 4.99 Å². The summed E-state index contributed by atoms with van der Waals surface area (Å²) in [5.74, 6) is -0.108. The molecule has 0 saturated heterocycles. The topological polar surface area (TPSA) is 81.4 Å². The van der Waals surface area contributed by atoms with Gasteiger partial charge in [0.25, 0.3) is 5.91 Å². The first-order valence-corrected chi connectivity index (χ1v) is 8.83. The normalized spacial score (nSPS) is 12.6. The van der Waals surface area contributed by atoms with E-state index in [4.69, 9.17) is 0 Å². The zero-order valence-electron chi connectivity index (χ0n) is 15.3. The van der Waals surface area contributed by atoms with E-state index in [0.717, 1.165) is 22.6 Å². The van der Waals surface area contributed by atoms with Gasteiger partial charge in [-0.2, -0.15) is 5.26 Å². The highest BCUT2D eigenvalue weighted by atomic mass is 16.2. The van der Waals surface area contributed by atoms with E-state index in [1.54, 1.807) is 30.5 Å². The molecule has 1 aliphatic rings.